The minimum atomic E-state index is -1.49. The van der Waals surface area contributed by atoms with Crippen molar-refractivity contribution in [3.05, 3.63) is 65.0 Å². The molecule has 2 aromatic carbocycles. The van der Waals surface area contributed by atoms with Crippen LogP contribution in [0.25, 0.3) is 11.3 Å². The lowest BCUT2D eigenvalue weighted by Gasteiger charge is -2.33. The lowest BCUT2D eigenvalue weighted by atomic mass is 9.99. The molecular weight excluding hydrogens is 441 g/mol. The van der Waals surface area contributed by atoms with Gasteiger partial charge in [0.05, 0.1) is 37.7 Å². The number of aliphatic hydroxyl groups is 3. The van der Waals surface area contributed by atoms with E-state index in [1.165, 1.54) is 17.0 Å². The lowest BCUT2D eigenvalue weighted by Crippen LogP contribution is -2.50. The van der Waals surface area contributed by atoms with Gasteiger partial charge >= 0.3 is 6.03 Å². The van der Waals surface area contributed by atoms with E-state index in [4.69, 9.17) is 0 Å². The fraction of sp³-hybridized carbons (Fsp3) is 0.292. The molecule has 0 radical (unpaired) electrons. The van der Waals surface area contributed by atoms with Crippen LogP contribution in [0.2, 0.25) is 0 Å². The normalized spacial score (nSPS) is 13.5. The second-order valence-electron chi connectivity index (χ2n) is 8.32. The number of carbonyl (C=O) groups is 1. The van der Waals surface area contributed by atoms with E-state index in [9.17, 15) is 24.5 Å². The molecule has 0 saturated carbocycles. The molecule has 34 heavy (non-hydrogen) atoms. The topological polar surface area (TPSA) is 131 Å². The van der Waals surface area contributed by atoms with E-state index in [0.29, 0.717) is 33.9 Å². The van der Waals surface area contributed by atoms with Crippen LogP contribution in [0.15, 0.2) is 42.5 Å². The Morgan fingerprint density at radius 2 is 1.76 bits per heavy atom. The third kappa shape index (κ3) is 4.18. The fourth-order valence-electron chi connectivity index (χ4n) is 3.87. The molecule has 4 rings (SSSR count). The summed E-state index contributed by atoms with van der Waals surface area (Å²) >= 11 is 0. The zero-order valence-electron chi connectivity index (χ0n) is 18.8. The SMILES string of the molecule is Cc1cc(F)ccc1-c1nc(NC(CO)(CO)CO)nc2c1CNC(=O)N2c1ccccc1C. The maximum Gasteiger partial charge on any atom is 0.328 e. The summed E-state index contributed by atoms with van der Waals surface area (Å²) in [6.07, 6.45) is 0. The summed E-state index contributed by atoms with van der Waals surface area (Å²) < 4.78 is 13.8. The van der Waals surface area contributed by atoms with Crippen molar-refractivity contribution in [1.29, 1.82) is 0 Å². The molecule has 0 aliphatic carbocycles. The van der Waals surface area contributed by atoms with Gasteiger partial charge in [-0.05, 0) is 49.2 Å². The molecule has 3 aromatic rings. The summed E-state index contributed by atoms with van der Waals surface area (Å²) in [5.41, 5.74) is 2.29. The molecule has 1 aliphatic rings. The van der Waals surface area contributed by atoms with Crippen LogP contribution < -0.4 is 15.5 Å². The molecule has 2 heterocycles. The van der Waals surface area contributed by atoms with Crippen LogP contribution in [0.1, 0.15) is 16.7 Å². The van der Waals surface area contributed by atoms with Gasteiger partial charge in [-0.1, -0.05) is 18.2 Å². The number of aromatic nitrogens is 2. The van der Waals surface area contributed by atoms with Crippen molar-refractivity contribution in [3.8, 4) is 11.3 Å². The van der Waals surface area contributed by atoms with Gasteiger partial charge in [-0.3, -0.25) is 0 Å². The van der Waals surface area contributed by atoms with Crippen molar-refractivity contribution < 1.29 is 24.5 Å². The van der Waals surface area contributed by atoms with Crippen molar-refractivity contribution in [2.45, 2.75) is 25.9 Å². The number of hydrogen-bond donors (Lipinski definition) is 5. The Hall–Kier alpha value is -3.60. The third-order valence-corrected chi connectivity index (χ3v) is 5.90. The van der Waals surface area contributed by atoms with Gasteiger partial charge in [0, 0.05) is 11.1 Å². The van der Waals surface area contributed by atoms with Crippen molar-refractivity contribution in [2.75, 3.05) is 30.0 Å². The largest absolute Gasteiger partial charge is 0.394 e. The van der Waals surface area contributed by atoms with E-state index in [0.717, 1.165) is 5.56 Å². The number of halogens is 1. The highest BCUT2D eigenvalue weighted by Crippen LogP contribution is 2.38. The number of nitrogens with zero attached hydrogens (tertiary/aromatic N) is 3. The summed E-state index contributed by atoms with van der Waals surface area (Å²) in [6, 6.07) is 11.3. The highest BCUT2D eigenvalue weighted by Gasteiger charge is 2.34. The van der Waals surface area contributed by atoms with Gasteiger partial charge in [0.1, 0.15) is 11.4 Å². The minimum absolute atomic E-state index is 0.0112. The minimum Gasteiger partial charge on any atom is -0.394 e. The van der Waals surface area contributed by atoms with Gasteiger partial charge in [-0.25, -0.2) is 19.1 Å². The molecule has 178 valence electrons. The average molecular weight is 468 g/mol. The van der Waals surface area contributed by atoms with E-state index in [2.05, 4.69) is 20.6 Å². The molecule has 2 amide bonds. The molecule has 1 aliphatic heterocycles. The zero-order chi connectivity index (χ0) is 24.5. The van der Waals surface area contributed by atoms with E-state index in [1.54, 1.807) is 19.1 Å². The van der Waals surface area contributed by atoms with Gasteiger partial charge in [0.25, 0.3) is 0 Å². The van der Waals surface area contributed by atoms with Crippen molar-refractivity contribution >= 4 is 23.5 Å². The number of carbonyl (C=O) groups excluding carboxylic acids is 1. The number of para-hydroxylation sites is 1. The van der Waals surface area contributed by atoms with Gasteiger partial charge in [0.2, 0.25) is 5.95 Å². The monoisotopic (exact) mass is 467 g/mol. The van der Waals surface area contributed by atoms with Crippen LogP contribution in [0.4, 0.5) is 26.6 Å². The molecule has 5 N–H and O–H groups in total. The average Bonchev–Trinajstić information content (AvgIpc) is 2.83. The zero-order valence-corrected chi connectivity index (χ0v) is 18.8. The Labute approximate surface area is 195 Å². The number of hydrogen-bond acceptors (Lipinski definition) is 7. The quantitative estimate of drug-likeness (QED) is 0.361. The molecule has 9 nitrogen and oxygen atoms in total. The van der Waals surface area contributed by atoms with Gasteiger partial charge in [-0.2, -0.15) is 4.98 Å². The Balaban J connectivity index is 1.97. The molecule has 1 aromatic heterocycles. The van der Waals surface area contributed by atoms with Crippen molar-refractivity contribution in [1.82, 2.24) is 15.3 Å². The summed E-state index contributed by atoms with van der Waals surface area (Å²) in [4.78, 5) is 23.6. The molecule has 0 unspecified atom stereocenters. The fourth-order valence-corrected chi connectivity index (χ4v) is 3.87. The Morgan fingerprint density at radius 3 is 2.41 bits per heavy atom. The van der Waals surface area contributed by atoms with Gasteiger partial charge in [0.15, 0.2) is 5.82 Å². The first-order chi connectivity index (χ1) is 16.3. The summed E-state index contributed by atoms with van der Waals surface area (Å²) in [7, 11) is 0. The number of rotatable bonds is 7. The second-order valence-corrected chi connectivity index (χ2v) is 8.32. The number of nitrogens with one attached hydrogen (secondary N) is 2. The molecule has 0 saturated heterocycles. The second kappa shape index (κ2) is 9.34. The number of anilines is 3. The summed E-state index contributed by atoms with van der Waals surface area (Å²) in [5.74, 6) is -0.0999. The van der Waals surface area contributed by atoms with Gasteiger partial charge in [-0.15, -0.1) is 0 Å². The van der Waals surface area contributed by atoms with Crippen LogP contribution in [-0.2, 0) is 6.54 Å². The maximum absolute atomic E-state index is 13.8. The third-order valence-electron chi connectivity index (χ3n) is 5.90. The lowest BCUT2D eigenvalue weighted by molar-refractivity contribution is 0.0828. The van der Waals surface area contributed by atoms with Crippen LogP contribution in [-0.4, -0.2) is 56.7 Å². The van der Waals surface area contributed by atoms with Crippen molar-refractivity contribution in [3.63, 3.8) is 0 Å². The van der Waals surface area contributed by atoms with E-state index in [-0.39, 0.29) is 18.5 Å². The first kappa shape index (κ1) is 23.6. The highest BCUT2D eigenvalue weighted by atomic mass is 19.1. The standard InChI is InChI=1S/C24H26FN5O4/c1-14-5-3-4-6-19(14)30-21-18(10-26-23(30)34)20(17-8-7-16(25)9-15(17)2)27-22(28-21)29-24(11-31,12-32)13-33/h3-9,31-33H,10-13H2,1-2H3,(H,26,34)(H,27,28,29). The summed E-state index contributed by atoms with van der Waals surface area (Å²) in [6.45, 7) is 2.00. The van der Waals surface area contributed by atoms with E-state index < -0.39 is 31.2 Å². The highest BCUT2D eigenvalue weighted by molar-refractivity contribution is 6.02. The van der Waals surface area contributed by atoms with Crippen molar-refractivity contribution in [2.24, 2.45) is 0 Å². The maximum atomic E-state index is 13.8. The Bertz CT molecular complexity index is 1220. The number of aryl methyl sites for hydroxylation is 2. The number of urea groups is 1. The van der Waals surface area contributed by atoms with Crippen LogP contribution in [0, 0.1) is 19.7 Å². The van der Waals surface area contributed by atoms with E-state index >= 15 is 0 Å². The molecule has 10 heteroatoms. The summed E-state index contributed by atoms with van der Waals surface area (Å²) in [5, 5.41) is 35.1. The molecule has 0 bridgehead atoms. The van der Waals surface area contributed by atoms with Crippen LogP contribution in [0.5, 0.6) is 0 Å². The Morgan fingerprint density at radius 1 is 1.06 bits per heavy atom. The molecule has 0 fully saturated rings. The van der Waals surface area contributed by atoms with Gasteiger partial charge < -0.3 is 26.0 Å². The van der Waals surface area contributed by atoms with Crippen LogP contribution >= 0.6 is 0 Å². The number of benzene rings is 2. The smallest absolute Gasteiger partial charge is 0.328 e. The number of fused-ring (bicyclic) bond motifs is 1. The van der Waals surface area contributed by atoms with Crippen LogP contribution in [0.3, 0.4) is 0 Å². The first-order valence-corrected chi connectivity index (χ1v) is 10.7. The molecular formula is C24H26FN5O4. The number of amides is 2. The Kier molecular flexibility index (Phi) is 6.47. The molecule has 0 atom stereocenters. The predicted molar refractivity (Wildman–Crippen MR) is 125 cm³/mol. The predicted octanol–water partition coefficient (Wildman–Crippen LogP) is 2.39. The first-order valence-electron chi connectivity index (χ1n) is 10.7. The van der Waals surface area contributed by atoms with E-state index in [1.807, 2.05) is 25.1 Å². The molecule has 0 spiro atoms. The number of aliphatic hydroxyl groups excluding tert-OH is 3.